The second-order valence-corrected chi connectivity index (χ2v) is 7.17. The van der Waals surface area contributed by atoms with Crippen molar-refractivity contribution < 1.29 is 19.1 Å². The molecule has 30 heavy (non-hydrogen) atoms. The number of hydrogen-bond acceptors (Lipinski definition) is 7. The second kappa shape index (κ2) is 8.17. The van der Waals surface area contributed by atoms with Crippen LogP contribution in [0.15, 0.2) is 64.6 Å². The summed E-state index contributed by atoms with van der Waals surface area (Å²) >= 11 is 0. The van der Waals surface area contributed by atoms with Gasteiger partial charge in [0.2, 0.25) is 0 Å². The highest BCUT2D eigenvalue weighted by Crippen LogP contribution is 2.24. The number of benzene rings is 1. The highest BCUT2D eigenvalue weighted by atomic mass is 16.5. The molecule has 1 aromatic carbocycles. The molecule has 0 radical (unpaired) electrons. The van der Waals surface area contributed by atoms with E-state index in [-0.39, 0.29) is 0 Å². The van der Waals surface area contributed by atoms with E-state index in [9.17, 15) is 5.21 Å². The predicted molar refractivity (Wildman–Crippen MR) is 111 cm³/mol. The molecular weight excluding hydrogens is 384 g/mol. The Hall–Kier alpha value is -3.36. The first kappa shape index (κ1) is 18.7. The quantitative estimate of drug-likeness (QED) is 0.405. The summed E-state index contributed by atoms with van der Waals surface area (Å²) in [4.78, 5) is 6.76. The first-order valence-electron chi connectivity index (χ1n) is 9.92. The highest BCUT2D eigenvalue weighted by molar-refractivity contribution is 5.80. The van der Waals surface area contributed by atoms with Gasteiger partial charge in [-0.25, -0.2) is 4.98 Å². The summed E-state index contributed by atoms with van der Waals surface area (Å²) in [6, 6.07) is 13.1. The molecule has 0 spiro atoms. The normalized spacial score (nSPS) is 15.8. The predicted octanol–water partition coefficient (Wildman–Crippen LogP) is 2.75. The Balaban J connectivity index is 1.40. The number of ether oxygens (including phenoxy) is 2. The molecule has 4 heterocycles. The van der Waals surface area contributed by atoms with Crippen molar-refractivity contribution in [2.45, 2.75) is 0 Å². The third-order valence-electron chi connectivity index (χ3n) is 5.27. The molecule has 8 nitrogen and oxygen atoms in total. The Morgan fingerprint density at radius 3 is 2.90 bits per heavy atom. The first-order chi connectivity index (χ1) is 14.8. The summed E-state index contributed by atoms with van der Waals surface area (Å²) in [5.74, 6) is 1.23. The van der Waals surface area contributed by atoms with Gasteiger partial charge in [-0.15, -0.1) is 0 Å². The minimum absolute atomic E-state index is 0.405. The van der Waals surface area contributed by atoms with Gasteiger partial charge in [-0.3, -0.25) is 4.90 Å². The molecule has 0 unspecified atom stereocenters. The highest BCUT2D eigenvalue weighted by Gasteiger charge is 2.12. The van der Waals surface area contributed by atoms with Crippen LogP contribution in [0.25, 0.3) is 27.9 Å². The molecule has 0 bridgehead atoms. The lowest BCUT2D eigenvalue weighted by Crippen LogP contribution is -2.38. The maximum absolute atomic E-state index is 9.58. The Morgan fingerprint density at radius 1 is 1.13 bits per heavy atom. The fourth-order valence-corrected chi connectivity index (χ4v) is 3.64. The standard InChI is InChI=1S/C22H22N4O4/c27-24-19-14-22(20-12-16-2-1-5-26(16)15-23-20)30-21-4-3-17(13-18(19)21)29-11-8-25-6-9-28-10-7-25/h1-5,12-15,27H,6-11H2. The number of hydrogen-bond donors (Lipinski definition) is 1. The maximum Gasteiger partial charge on any atom is 0.155 e. The zero-order valence-corrected chi connectivity index (χ0v) is 16.4. The summed E-state index contributed by atoms with van der Waals surface area (Å²) in [6.07, 6.45) is 3.66. The molecule has 1 fully saturated rings. The average molecular weight is 406 g/mol. The number of fused-ring (bicyclic) bond motifs is 2. The summed E-state index contributed by atoms with van der Waals surface area (Å²) in [6.45, 7) is 4.82. The number of aromatic nitrogens is 2. The fourth-order valence-electron chi connectivity index (χ4n) is 3.64. The van der Waals surface area contributed by atoms with Crippen LogP contribution >= 0.6 is 0 Å². The zero-order valence-electron chi connectivity index (χ0n) is 16.4. The van der Waals surface area contributed by atoms with Gasteiger partial charge in [-0.05, 0) is 36.4 Å². The van der Waals surface area contributed by atoms with Crippen LogP contribution in [0.5, 0.6) is 5.75 Å². The van der Waals surface area contributed by atoms with Crippen LogP contribution in [-0.4, -0.2) is 58.9 Å². The molecular formula is C22H22N4O4. The molecule has 5 rings (SSSR count). The lowest BCUT2D eigenvalue weighted by Gasteiger charge is -2.26. The van der Waals surface area contributed by atoms with Gasteiger partial charge in [0.15, 0.2) is 5.76 Å². The van der Waals surface area contributed by atoms with Crippen LogP contribution in [0.3, 0.4) is 0 Å². The Kier molecular flexibility index (Phi) is 5.08. The molecule has 1 aliphatic heterocycles. The second-order valence-electron chi connectivity index (χ2n) is 7.17. The van der Waals surface area contributed by atoms with E-state index in [4.69, 9.17) is 13.9 Å². The summed E-state index contributed by atoms with van der Waals surface area (Å²) in [5, 5.41) is 14.1. The van der Waals surface area contributed by atoms with Crippen molar-refractivity contribution in [2.75, 3.05) is 39.5 Å². The van der Waals surface area contributed by atoms with Crippen molar-refractivity contribution >= 4 is 16.5 Å². The van der Waals surface area contributed by atoms with Crippen LogP contribution < -0.4 is 10.1 Å². The lowest BCUT2D eigenvalue weighted by atomic mass is 10.2. The van der Waals surface area contributed by atoms with Gasteiger partial charge >= 0.3 is 0 Å². The minimum Gasteiger partial charge on any atom is -0.492 e. The maximum atomic E-state index is 9.58. The first-order valence-corrected chi connectivity index (χ1v) is 9.92. The van der Waals surface area contributed by atoms with E-state index >= 15 is 0 Å². The number of nitrogens with zero attached hydrogens (tertiary/aromatic N) is 4. The van der Waals surface area contributed by atoms with Crippen molar-refractivity contribution in [3.8, 4) is 17.2 Å². The zero-order chi connectivity index (χ0) is 20.3. The van der Waals surface area contributed by atoms with Crippen LogP contribution in [-0.2, 0) is 4.74 Å². The van der Waals surface area contributed by atoms with E-state index in [2.05, 4.69) is 15.0 Å². The molecule has 1 aliphatic rings. The number of rotatable bonds is 5. The van der Waals surface area contributed by atoms with E-state index in [0.29, 0.717) is 40.1 Å². The van der Waals surface area contributed by atoms with Crippen LogP contribution in [0.4, 0.5) is 0 Å². The number of morpholine rings is 1. The van der Waals surface area contributed by atoms with E-state index in [0.717, 1.165) is 38.4 Å². The Labute approximate surface area is 172 Å². The lowest BCUT2D eigenvalue weighted by molar-refractivity contribution is 0.0322. The topological polar surface area (TPSA) is 84.7 Å². The molecule has 8 heteroatoms. The van der Waals surface area contributed by atoms with Gasteiger partial charge in [0.25, 0.3) is 0 Å². The van der Waals surface area contributed by atoms with Gasteiger partial charge in [0, 0.05) is 37.4 Å². The van der Waals surface area contributed by atoms with Gasteiger partial charge in [-0.2, -0.15) is 0 Å². The van der Waals surface area contributed by atoms with E-state index in [1.54, 1.807) is 12.4 Å². The van der Waals surface area contributed by atoms with Gasteiger partial charge in [-0.1, -0.05) is 5.16 Å². The van der Waals surface area contributed by atoms with Crippen molar-refractivity contribution in [3.05, 3.63) is 60.3 Å². The molecule has 4 aromatic rings. The SMILES string of the molecule is ON=c1cc(-c2cc3cccn3cn2)oc2ccc(OCCN3CCOCC3)cc12. The average Bonchev–Trinajstić information content (AvgIpc) is 3.27. The largest absolute Gasteiger partial charge is 0.492 e. The summed E-state index contributed by atoms with van der Waals surface area (Å²) in [5.41, 5.74) is 2.26. The van der Waals surface area contributed by atoms with Crippen molar-refractivity contribution in [2.24, 2.45) is 5.16 Å². The van der Waals surface area contributed by atoms with E-state index < -0.39 is 0 Å². The van der Waals surface area contributed by atoms with Crippen molar-refractivity contribution in [3.63, 3.8) is 0 Å². The van der Waals surface area contributed by atoms with Gasteiger partial charge in [0.05, 0.1) is 24.9 Å². The molecule has 0 aliphatic carbocycles. The monoisotopic (exact) mass is 406 g/mol. The summed E-state index contributed by atoms with van der Waals surface area (Å²) < 4.78 is 19.2. The van der Waals surface area contributed by atoms with Gasteiger partial charge in [0.1, 0.15) is 29.0 Å². The minimum atomic E-state index is 0.405. The van der Waals surface area contributed by atoms with Crippen LogP contribution in [0.1, 0.15) is 0 Å². The molecule has 0 amide bonds. The smallest absolute Gasteiger partial charge is 0.155 e. The molecule has 1 N–H and O–H groups in total. The van der Waals surface area contributed by atoms with Gasteiger partial charge < -0.3 is 23.5 Å². The Morgan fingerprint density at radius 2 is 2.03 bits per heavy atom. The molecule has 0 atom stereocenters. The molecule has 1 saturated heterocycles. The third kappa shape index (κ3) is 3.74. The Bertz CT molecular complexity index is 1240. The van der Waals surface area contributed by atoms with Crippen molar-refractivity contribution in [1.29, 1.82) is 0 Å². The van der Waals surface area contributed by atoms with Crippen LogP contribution in [0, 0.1) is 0 Å². The fraction of sp³-hybridized carbons (Fsp3) is 0.273. The summed E-state index contributed by atoms with van der Waals surface area (Å²) in [7, 11) is 0. The molecule has 3 aromatic heterocycles. The van der Waals surface area contributed by atoms with Crippen molar-refractivity contribution in [1.82, 2.24) is 14.3 Å². The van der Waals surface area contributed by atoms with E-state index in [1.807, 2.05) is 47.0 Å². The van der Waals surface area contributed by atoms with Crippen LogP contribution in [0.2, 0.25) is 0 Å². The van der Waals surface area contributed by atoms with E-state index in [1.165, 1.54) is 0 Å². The third-order valence-corrected chi connectivity index (χ3v) is 5.27. The molecule has 154 valence electrons. The molecule has 0 saturated carbocycles.